The van der Waals surface area contributed by atoms with E-state index in [0.717, 1.165) is 23.8 Å². The molecule has 2 rings (SSSR count). The zero-order valence-electron chi connectivity index (χ0n) is 9.02. The zero-order valence-corrected chi connectivity index (χ0v) is 9.02. The largest absolute Gasteiger partial charge is 0.298 e. The van der Waals surface area contributed by atoms with Gasteiger partial charge in [0.05, 0.1) is 11.5 Å². The second-order valence-corrected chi connectivity index (χ2v) is 4.16. The van der Waals surface area contributed by atoms with Crippen molar-refractivity contribution >= 4 is 6.29 Å². The van der Waals surface area contributed by atoms with Gasteiger partial charge < -0.3 is 0 Å². The highest BCUT2D eigenvalue weighted by molar-refractivity contribution is 5.73. The molecule has 0 heterocycles. The number of benzene rings is 1. The molecule has 0 fully saturated rings. The van der Waals surface area contributed by atoms with Crippen molar-refractivity contribution in [1.29, 1.82) is 5.26 Å². The molecule has 0 radical (unpaired) electrons. The summed E-state index contributed by atoms with van der Waals surface area (Å²) in [5.74, 6) is 0. The van der Waals surface area contributed by atoms with Crippen molar-refractivity contribution in [3.63, 3.8) is 0 Å². The minimum Gasteiger partial charge on any atom is -0.298 e. The van der Waals surface area contributed by atoms with Gasteiger partial charge in [-0.05, 0) is 30.4 Å². The number of nitriles is 1. The molecule has 16 heavy (non-hydrogen) atoms. The number of aldehydes is 1. The molecule has 0 saturated heterocycles. The van der Waals surface area contributed by atoms with Gasteiger partial charge in [-0.3, -0.25) is 4.79 Å². The van der Waals surface area contributed by atoms with Crippen LogP contribution in [-0.4, -0.2) is 6.29 Å². The summed E-state index contributed by atoms with van der Waals surface area (Å²) in [4.78, 5) is 10.6. The van der Waals surface area contributed by atoms with Crippen LogP contribution in [0, 0.1) is 11.3 Å². The average molecular weight is 211 g/mol. The topological polar surface area (TPSA) is 40.9 Å². The number of carbonyl (C=O) groups is 1. The Morgan fingerprint density at radius 3 is 2.56 bits per heavy atom. The molecule has 2 nitrogen and oxygen atoms in total. The van der Waals surface area contributed by atoms with Crippen LogP contribution >= 0.6 is 0 Å². The summed E-state index contributed by atoms with van der Waals surface area (Å²) >= 11 is 0. The first-order valence-corrected chi connectivity index (χ1v) is 5.42. The predicted molar refractivity (Wildman–Crippen MR) is 61.7 cm³/mol. The molecule has 1 aliphatic carbocycles. The highest BCUT2D eigenvalue weighted by Gasteiger charge is 2.33. The molecule has 0 N–H and O–H groups in total. The minimum absolute atomic E-state index is 0.437. The fourth-order valence-electron chi connectivity index (χ4n) is 2.16. The third-order valence-corrected chi connectivity index (χ3v) is 3.24. The molecule has 1 atom stereocenters. The van der Waals surface area contributed by atoms with Crippen LogP contribution in [-0.2, 0) is 10.2 Å². The minimum atomic E-state index is -0.437. The van der Waals surface area contributed by atoms with Crippen molar-refractivity contribution in [3.05, 3.63) is 47.5 Å². The van der Waals surface area contributed by atoms with Crippen molar-refractivity contribution in [2.75, 3.05) is 0 Å². The summed E-state index contributed by atoms with van der Waals surface area (Å²) in [6, 6.07) is 12.2. The monoisotopic (exact) mass is 211 g/mol. The highest BCUT2D eigenvalue weighted by Crippen LogP contribution is 2.37. The maximum Gasteiger partial charge on any atom is 0.145 e. The molecule has 1 aromatic carbocycles. The molecule has 1 unspecified atom stereocenters. The van der Waals surface area contributed by atoms with Crippen molar-refractivity contribution < 1.29 is 4.79 Å². The van der Waals surface area contributed by atoms with E-state index >= 15 is 0 Å². The number of nitrogens with zero attached hydrogens (tertiary/aromatic N) is 1. The molecule has 0 spiro atoms. The lowest BCUT2D eigenvalue weighted by Gasteiger charge is -2.29. The van der Waals surface area contributed by atoms with Gasteiger partial charge in [0, 0.05) is 0 Å². The van der Waals surface area contributed by atoms with Gasteiger partial charge in [0.25, 0.3) is 0 Å². The van der Waals surface area contributed by atoms with Gasteiger partial charge in [0.2, 0.25) is 0 Å². The molecule has 2 heteroatoms. The molecule has 0 aliphatic heterocycles. The van der Waals surface area contributed by atoms with Crippen LogP contribution < -0.4 is 0 Å². The van der Waals surface area contributed by atoms with Gasteiger partial charge in [-0.25, -0.2) is 0 Å². The highest BCUT2D eigenvalue weighted by atomic mass is 16.1. The van der Waals surface area contributed by atoms with Crippen molar-refractivity contribution in [2.24, 2.45) is 0 Å². The van der Waals surface area contributed by atoms with Gasteiger partial charge in [-0.1, -0.05) is 36.4 Å². The third-order valence-electron chi connectivity index (χ3n) is 3.24. The van der Waals surface area contributed by atoms with Gasteiger partial charge in [0.15, 0.2) is 0 Å². The molecule has 80 valence electrons. The summed E-state index contributed by atoms with van der Waals surface area (Å²) < 4.78 is 0. The second-order valence-electron chi connectivity index (χ2n) is 4.16. The molecule has 1 aromatic rings. The van der Waals surface area contributed by atoms with Crippen LogP contribution in [0.2, 0.25) is 0 Å². The van der Waals surface area contributed by atoms with E-state index in [2.05, 4.69) is 6.07 Å². The second kappa shape index (κ2) is 4.32. The average Bonchev–Trinajstić information content (AvgIpc) is 2.40. The molecule has 0 bridgehead atoms. The van der Waals surface area contributed by atoms with Gasteiger partial charge in [-0.2, -0.15) is 5.26 Å². The number of hydrogen-bond acceptors (Lipinski definition) is 2. The van der Waals surface area contributed by atoms with Crippen LogP contribution in [0.4, 0.5) is 0 Å². The molecule has 1 aliphatic rings. The summed E-state index contributed by atoms with van der Waals surface area (Å²) in [6.45, 7) is 0. The van der Waals surface area contributed by atoms with E-state index in [-0.39, 0.29) is 0 Å². The standard InChI is InChI=1S/C14H13NO/c15-11-14(13-4-2-1-3-5-13)8-6-12(10-16)7-9-14/h1-6,10H,7-9H2. The van der Waals surface area contributed by atoms with Crippen LogP contribution in [0.25, 0.3) is 0 Å². The van der Waals surface area contributed by atoms with E-state index < -0.39 is 5.41 Å². The van der Waals surface area contributed by atoms with E-state index in [9.17, 15) is 10.1 Å². The number of carbonyl (C=O) groups excluding carboxylic acids is 1. The Hall–Kier alpha value is -1.88. The lowest BCUT2D eigenvalue weighted by atomic mass is 9.71. The SMILES string of the molecule is N#CC1(c2ccccc2)CC=C(C=O)CC1. The van der Waals surface area contributed by atoms with Crippen LogP contribution in [0.15, 0.2) is 42.0 Å². The Labute approximate surface area is 95.2 Å². The first-order chi connectivity index (χ1) is 7.80. The molecule has 0 aromatic heterocycles. The van der Waals surface area contributed by atoms with E-state index in [0.29, 0.717) is 12.8 Å². The van der Waals surface area contributed by atoms with Gasteiger partial charge in [0.1, 0.15) is 6.29 Å². The quantitative estimate of drug-likeness (QED) is 0.706. The number of rotatable bonds is 2. The molecule has 0 saturated carbocycles. The lowest BCUT2D eigenvalue weighted by Crippen LogP contribution is -2.26. The Kier molecular flexibility index (Phi) is 2.87. The molecular formula is C14H13NO. The Morgan fingerprint density at radius 2 is 2.06 bits per heavy atom. The van der Waals surface area contributed by atoms with E-state index in [1.54, 1.807) is 0 Å². The van der Waals surface area contributed by atoms with Crippen molar-refractivity contribution in [1.82, 2.24) is 0 Å². The van der Waals surface area contributed by atoms with Crippen LogP contribution in [0.3, 0.4) is 0 Å². The third kappa shape index (κ3) is 1.77. The summed E-state index contributed by atoms with van der Waals surface area (Å²) in [6.07, 6.45) is 4.87. The Balaban J connectivity index is 2.34. The maximum atomic E-state index is 10.6. The van der Waals surface area contributed by atoms with Gasteiger partial charge in [-0.15, -0.1) is 0 Å². The zero-order chi connectivity index (χ0) is 11.4. The maximum absolute atomic E-state index is 10.6. The number of hydrogen-bond donors (Lipinski definition) is 0. The fourth-order valence-corrected chi connectivity index (χ4v) is 2.16. The predicted octanol–water partition coefficient (Wildman–Crippen LogP) is 2.76. The normalized spacial score (nSPS) is 24.3. The van der Waals surface area contributed by atoms with Crippen molar-refractivity contribution in [3.8, 4) is 6.07 Å². The molecular weight excluding hydrogens is 198 g/mol. The van der Waals surface area contributed by atoms with E-state index in [4.69, 9.17) is 0 Å². The van der Waals surface area contributed by atoms with E-state index in [1.165, 1.54) is 0 Å². The summed E-state index contributed by atoms with van der Waals surface area (Å²) in [5, 5.41) is 9.39. The molecule has 0 amide bonds. The summed E-state index contributed by atoms with van der Waals surface area (Å²) in [5.41, 5.74) is 1.44. The Bertz CT molecular complexity index is 455. The number of allylic oxidation sites excluding steroid dienone is 2. The van der Waals surface area contributed by atoms with Gasteiger partial charge >= 0.3 is 0 Å². The fraction of sp³-hybridized carbons (Fsp3) is 0.286. The Morgan fingerprint density at radius 1 is 1.31 bits per heavy atom. The lowest BCUT2D eigenvalue weighted by molar-refractivity contribution is -0.105. The van der Waals surface area contributed by atoms with E-state index in [1.807, 2.05) is 36.4 Å². The van der Waals surface area contributed by atoms with Crippen LogP contribution in [0.1, 0.15) is 24.8 Å². The van der Waals surface area contributed by atoms with Crippen molar-refractivity contribution in [2.45, 2.75) is 24.7 Å². The smallest absolute Gasteiger partial charge is 0.145 e. The summed E-state index contributed by atoms with van der Waals surface area (Å²) in [7, 11) is 0. The first-order valence-electron chi connectivity index (χ1n) is 5.42. The van der Waals surface area contributed by atoms with Crippen LogP contribution in [0.5, 0.6) is 0 Å². The first kappa shape index (κ1) is 10.6.